The average Bonchev–Trinajstić information content (AvgIpc) is 2.94. The quantitative estimate of drug-likeness (QED) is 0.554. The van der Waals surface area contributed by atoms with Gasteiger partial charge in [-0.2, -0.15) is 0 Å². The lowest BCUT2D eigenvalue weighted by Crippen LogP contribution is -2.61. The highest BCUT2D eigenvalue weighted by Crippen LogP contribution is 2.68. The first kappa shape index (κ1) is 18.3. The zero-order valence-corrected chi connectivity index (χ0v) is 16.6. The largest absolute Gasteiger partial charge is 0.389 e. The second kappa shape index (κ2) is 5.98. The number of fused-ring (bicyclic) bond motifs is 4. The number of hydrogen-bond acceptors (Lipinski definition) is 2. The van der Waals surface area contributed by atoms with Gasteiger partial charge < -0.3 is 10.2 Å². The normalized spacial score (nSPS) is 47.5. The summed E-state index contributed by atoms with van der Waals surface area (Å²) in [6.45, 7) is 6.51. The topological polar surface area (TPSA) is 40.5 Å². The first-order valence-corrected chi connectivity index (χ1v) is 10.6. The Morgan fingerprint density at radius 2 is 2.00 bits per heavy atom. The maximum absolute atomic E-state index is 11.9. The Morgan fingerprint density at radius 1 is 1.23 bits per heavy atom. The van der Waals surface area contributed by atoms with Gasteiger partial charge in [0.15, 0.2) is 0 Å². The molecule has 2 fully saturated rings. The predicted molar refractivity (Wildman–Crippen MR) is 105 cm³/mol. The molecule has 0 aromatic carbocycles. The molecule has 4 unspecified atom stereocenters. The summed E-state index contributed by atoms with van der Waals surface area (Å²) in [6, 6.07) is 0. The molecular weight excluding hydrogens is 320 g/mol. The molecule has 0 heterocycles. The Morgan fingerprint density at radius 3 is 2.65 bits per heavy atom. The molecule has 142 valence electrons. The van der Waals surface area contributed by atoms with E-state index in [9.17, 15) is 10.2 Å². The van der Waals surface area contributed by atoms with Crippen molar-refractivity contribution in [3.05, 3.63) is 22.8 Å². The molecular formula is C24H34O2. The Bertz CT molecular complexity index is 710. The molecule has 0 radical (unpaired) electrons. The van der Waals surface area contributed by atoms with Gasteiger partial charge in [0.2, 0.25) is 0 Å². The van der Waals surface area contributed by atoms with Crippen LogP contribution in [0.25, 0.3) is 0 Å². The van der Waals surface area contributed by atoms with E-state index in [1.807, 2.05) is 0 Å². The van der Waals surface area contributed by atoms with Crippen LogP contribution in [0.2, 0.25) is 0 Å². The van der Waals surface area contributed by atoms with Crippen molar-refractivity contribution in [2.75, 3.05) is 0 Å². The molecule has 0 aliphatic heterocycles. The van der Waals surface area contributed by atoms with Gasteiger partial charge in [0.25, 0.3) is 0 Å². The number of hydrogen-bond donors (Lipinski definition) is 2. The maximum atomic E-state index is 11.9. The van der Waals surface area contributed by atoms with E-state index in [1.54, 1.807) is 5.57 Å². The molecule has 2 saturated carbocycles. The maximum Gasteiger partial charge on any atom is 0.131 e. The van der Waals surface area contributed by atoms with Gasteiger partial charge in [-0.25, -0.2) is 0 Å². The van der Waals surface area contributed by atoms with Crippen LogP contribution in [-0.2, 0) is 0 Å². The molecule has 0 bridgehead atoms. The lowest BCUT2D eigenvalue weighted by molar-refractivity contribution is -0.178. The van der Waals surface area contributed by atoms with Crippen LogP contribution in [0.5, 0.6) is 0 Å². The first-order valence-electron chi connectivity index (χ1n) is 10.6. The van der Waals surface area contributed by atoms with Crippen molar-refractivity contribution in [1.82, 2.24) is 0 Å². The van der Waals surface area contributed by atoms with Gasteiger partial charge in [-0.1, -0.05) is 42.6 Å². The molecule has 2 nitrogen and oxygen atoms in total. The zero-order chi connectivity index (χ0) is 18.7. The summed E-state index contributed by atoms with van der Waals surface area (Å²) in [5, 5.41) is 23.3. The fraction of sp³-hybridized carbons (Fsp3) is 0.750. The van der Waals surface area contributed by atoms with Gasteiger partial charge in [-0.05, 0) is 76.5 Å². The molecule has 4 aliphatic rings. The van der Waals surface area contributed by atoms with Crippen molar-refractivity contribution in [2.45, 2.75) is 89.8 Å². The lowest BCUT2D eigenvalue weighted by Gasteiger charge is -2.60. The molecule has 2 heteroatoms. The van der Waals surface area contributed by atoms with E-state index in [1.165, 1.54) is 11.1 Å². The Labute approximate surface area is 158 Å². The molecule has 6 atom stereocenters. The van der Waals surface area contributed by atoms with Crippen molar-refractivity contribution in [2.24, 2.45) is 23.2 Å². The highest BCUT2D eigenvalue weighted by atomic mass is 16.3. The molecule has 0 spiro atoms. The van der Waals surface area contributed by atoms with Crippen molar-refractivity contribution < 1.29 is 10.2 Å². The van der Waals surface area contributed by atoms with E-state index >= 15 is 0 Å². The molecule has 0 aromatic heterocycles. The van der Waals surface area contributed by atoms with E-state index in [2.05, 4.69) is 32.8 Å². The van der Waals surface area contributed by atoms with Gasteiger partial charge in [0.1, 0.15) is 5.60 Å². The Balaban J connectivity index is 1.82. The molecule has 0 amide bonds. The monoisotopic (exact) mass is 354 g/mol. The molecule has 0 saturated heterocycles. The van der Waals surface area contributed by atoms with Gasteiger partial charge in [0, 0.05) is 11.3 Å². The molecule has 26 heavy (non-hydrogen) atoms. The fourth-order valence-corrected chi connectivity index (χ4v) is 7.46. The standard InChI is InChI=1S/C24H34O2/c1-5-22-15-23(25,6-2)21-18-10-8-16(4)14-17(18)9-11-19(21)20(22)12-13-24(22,26)7-3/h3,8,19-21,25-26H,5-6,9-15H2,1-2,4H3/t19?,20?,21?,22-,23?,24-/m0/s1. The highest BCUT2D eigenvalue weighted by Gasteiger charge is 2.68. The number of rotatable bonds is 2. The third-order valence-electron chi connectivity index (χ3n) is 8.75. The van der Waals surface area contributed by atoms with Crippen LogP contribution < -0.4 is 0 Å². The Hall–Kier alpha value is -1.04. The van der Waals surface area contributed by atoms with Crippen LogP contribution >= 0.6 is 0 Å². The summed E-state index contributed by atoms with van der Waals surface area (Å²) in [5.41, 5.74) is 2.46. The molecule has 0 aromatic rings. The summed E-state index contributed by atoms with van der Waals surface area (Å²) in [5.74, 6) is 3.92. The Kier molecular flexibility index (Phi) is 4.22. The van der Waals surface area contributed by atoms with Gasteiger partial charge >= 0.3 is 0 Å². The number of aliphatic hydroxyl groups is 2. The summed E-state index contributed by atoms with van der Waals surface area (Å²) < 4.78 is 0. The van der Waals surface area contributed by atoms with E-state index < -0.39 is 11.2 Å². The van der Waals surface area contributed by atoms with E-state index in [0.29, 0.717) is 24.7 Å². The average molecular weight is 355 g/mol. The minimum Gasteiger partial charge on any atom is -0.389 e. The summed E-state index contributed by atoms with van der Waals surface area (Å²) in [7, 11) is 0. The van der Waals surface area contributed by atoms with Crippen LogP contribution in [-0.4, -0.2) is 21.4 Å². The van der Waals surface area contributed by atoms with Crippen LogP contribution in [0, 0.1) is 35.5 Å². The van der Waals surface area contributed by atoms with Crippen molar-refractivity contribution >= 4 is 0 Å². The summed E-state index contributed by atoms with van der Waals surface area (Å²) in [6.07, 6.45) is 16.6. The highest BCUT2D eigenvalue weighted by molar-refractivity contribution is 5.37. The smallest absolute Gasteiger partial charge is 0.131 e. The third kappa shape index (κ3) is 2.20. The first-order chi connectivity index (χ1) is 12.3. The molecule has 4 rings (SSSR count). The van der Waals surface area contributed by atoms with Gasteiger partial charge in [-0.15, -0.1) is 6.42 Å². The van der Waals surface area contributed by atoms with Gasteiger partial charge in [0.05, 0.1) is 5.60 Å². The van der Waals surface area contributed by atoms with E-state index in [0.717, 1.165) is 44.9 Å². The van der Waals surface area contributed by atoms with Crippen LogP contribution in [0.1, 0.15) is 78.6 Å². The van der Waals surface area contributed by atoms with E-state index in [-0.39, 0.29) is 11.3 Å². The number of allylic oxidation sites excluding steroid dienone is 3. The minimum absolute atomic E-state index is 0.255. The lowest BCUT2D eigenvalue weighted by atomic mass is 9.46. The van der Waals surface area contributed by atoms with Gasteiger partial charge in [-0.3, -0.25) is 0 Å². The summed E-state index contributed by atoms with van der Waals surface area (Å²) in [4.78, 5) is 0. The zero-order valence-electron chi connectivity index (χ0n) is 16.6. The predicted octanol–water partition coefficient (Wildman–Crippen LogP) is 4.76. The third-order valence-corrected chi connectivity index (χ3v) is 8.75. The molecule has 2 N–H and O–H groups in total. The van der Waals surface area contributed by atoms with E-state index in [4.69, 9.17) is 6.42 Å². The van der Waals surface area contributed by atoms with Crippen LogP contribution in [0.3, 0.4) is 0 Å². The summed E-state index contributed by atoms with van der Waals surface area (Å²) >= 11 is 0. The second-order valence-electron chi connectivity index (χ2n) is 9.53. The number of terminal acetylenes is 1. The van der Waals surface area contributed by atoms with Crippen LogP contribution in [0.4, 0.5) is 0 Å². The SMILES string of the molecule is C#C[C@]1(O)CCC2C3CCC4=C(CC=C(C)C4)C3C(O)(CC)C[C@@]21CC. The minimum atomic E-state index is -1.06. The van der Waals surface area contributed by atoms with Crippen molar-refractivity contribution in [1.29, 1.82) is 0 Å². The van der Waals surface area contributed by atoms with Crippen molar-refractivity contribution in [3.63, 3.8) is 0 Å². The fourth-order valence-electron chi connectivity index (χ4n) is 7.46. The molecule has 4 aliphatic carbocycles. The second-order valence-corrected chi connectivity index (χ2v) is 9.53. The van der Waals surface area contributed by atoms with Crippen molar-refractivity contribution in [3.8, 4) is 12.3 Å². The van der Waals surface area contributed by atoms with Crippen LogP contribution in [0.15, 0.2) is 22.8 Å².